The lowest BCUT2D eigenvalue weighted by Gasteiger charge is -2.19. The van der Waals surface area contributed by atoms with E-state index in [0.29, 0.717) is 18.9 Å². The van der Waals surface area contributed by atoms with Crippen LogP contribution in [0, 0.1) is 5.92 Å². The third-order valence-electron chi connectivity index (χ3n) is 3.51. The van der Waals surface area contributed by atoms with Crippen LogP contribution in [0.2, 0.25) is 0 Å². The van der Waals surface area contributed by atoms with Crippen LogP contribution in [0.1, 0.15) is 37.5 Å². The Bertz CT molecular complexity index is 584. The molecule has 0 saturated heterocycles. The van der Waals surface area contributed by atoms with Crippen molar-refractivity contribution in [2.75, 3.05) is 6.61 Å². The first-order valence-electron chi connectivity index (χ1n) is 6.96. The fourth-order valence-electron chi connectivity index (χ4n) is 2.76. The van der Waals surface area contributed by atoms with Crippen molar-refractivity contribution in [3.8, 4) is 0 Å². The van der Waals surface area contributed by atoms with E-state index >= 15 is 0 Å². The minimum Gasteiger partial charge on any atom is -0.460 e. The van der Waals surface area contributed by atoms with E-state index in [2.05, 4.69) is 11.2 Å². The van der Waals surface area contributed by atoms with E-state index in [0.717, 1.165) is 17.7 Å². The highest BCUT2D eigenvalue weighted by Gasteiger charge is 2.33. The molecule has 1 aliphatic heterocycles. The van der Waals surface area contributed by atoms with E-state index in [-0.39, 0.29) is 5.97 Å². The Labute approximate surface area is 118 Å². The maximum absolute atomic E-state index is 11.9. The summed E-state index contributed by atoms with van der Waals surface area (Å²) < 4.78 is 5.35. The molecule has 1 aromatic carbocycles. The Morgan fingerprint density at radius 3 is 3.00 bits per heavy atom. The maximum atomic E-state index is 11.9. The van der Waals surface area contributed by atoms with E-state index in [9.17, 15) is 4.79 Å². The minimum atomic E-state index is -0.434. The highest BCUT2D eigenvalue weighted by molar-refractivity contribution is 6.06. The predicted molar refractivity (Wildman–Crippen MR) is 75.7 cm³/mol. The zero-order valence-corrected chi connectivity index (χ0v) is 12.1. The monoisotopic (exact) mass is 273 g/mol. The first-order valence-corrected chi connectivity index (χ1v) is 6.96. The highest BCUT2D eigenvalue weighted by atomic mass is 16.6. The van der Waals surface area contributed by atoms with Gasteiger partial charge in [0.05, 0.1) is 12.1 Å². The van der Waals surface area contributed by atoms with Gasteiger partial charge in [-0.05, 0) is 38.3 Å². The quantitative estimate of drug-likeness (QED) is 0.778. The van der Waals surface area contributed by atoms with E-state index in [4.69, 9.17) is 9.57 Å². The highest BCUT2D eigenvalue weighted by Crippen LogP contribution is 2.31. The van der Waals surface area contributed by atoms with Crippen molar-refractivity contribution in [3.63, 3.8) is 0 Å². The molecule has 106 valence electrons. The normalized spacial score (nSPS) is 19.9. The number of carbonyl (C=O) groups is 1. The Balaban J connectivity index is 1.75. The molecule has 4 heteroatoms. The molecule has 20 heavy (non-hydrogen) atoms. The standard InChI is InChI=1S/C16H19NO3/c1-16(2,3)20-14(18)7-10-4-5-13-11(6-10)8-12-9-19-17-15(12)13/h4-6,12H,7-9H2,1-3H3. The third kappa shape index (κ3) is 2.55. The molecule has 1 unspecified atom stereocenters. The van der Waals surface area contributed by atoms with Gasteiger partial charge in [0.1, 0.15) is 12.2 Å². The molecule has 0 saturated carbocycles. The molecule has 1 aromatic rings. The van der Waals surface area contributed by atoms with Gasteiger partial charge in [0, 0.05) is 11.5 Å². The molecule has 1 atom stereocenters. The van der Waals surface area contributed by atoms with E-state index in [1.807, 2.05) is 32.9 Å². The minimum absolute atomic E-state index is 0.184. The lowest BCUT2D eigenvalue weighted by Crippen LogP contribution is -2.24. The van der Waals surface area contributed by atoms with Crippen molar-refractivity contribution in [2.24, 2.45) is 11.1 Å². The molecule has 0 fully saturated rings. The van der Waals surface area contributed by atoms with Crippen LogP contribution >= 0.6 is 0 Å². The molecule has 0 N–H and O–H groups in total. The van der Waals surface area contributed by atoms with Gasteiger partial charge in [-0.1, -0.05) is 23.4 Å². The summed E-state index contributed by atoms with van der Waals surface area (Å²) in [6, 6.07) is 6.12. The zero-order chi connectivity index (χ0) is 14.3. The summed E-state index contributed by atoms with van der Waals surface area (Å²) in [7, 11) is 0. The van der Waals surface area contributed by atoms with Gasteiger partial charge in [-0.25, -0.2) is 0 Å². The lowest BCUT2D eigenvalue weighted by molar-refractivity contribution is -0.153. The molecule has 4 nitrogen and oxygen atoms in total. The van der Waals surface area contributed by atoms with Crippen LogP contribution in [0.4, 0.5) is 0 Å². The van der Waals surface area contributed by atoms with Crippen molar-refractivity contribution < 1.29 is 14.4 Å². The van der Waals surface area contributed by atoms with Crippen LogP contribution in [0.25, 0.3) is 0 Å². The summed E-state index contributed by atoms with van der Waals surface area (Å²) in [6.07, 6.45) is 1.27. The summed E-state index contributed by atoms with van der Waals surface area (Å²) in [6.45, 7) is 6.32. The number of carbonyl (C=O) groups excluding carboxylic acids is 1. The molecule has 0 spiro atoms. The van der Waals surface area contributed by atoms with Gasteiger partial charge >= 0.3 is 5.97 Å². The average Bonchev–Trinajstić information content (AvgIpc) is 2.85. The van der Waals surface area contributed by atoms with Gasteiger partial charge in [0.15, 0.2) is 0 Å². The summed E-state index contributed by atoms with van der Waals surface area (Å²) in [4.78, 5) is 17.0. The molecule has 1 heterocycles. The number of ether oxygens (including phenoxy) is 1. The van der Waals surface area contributed by atoms with Crippen LogP contribution in [-0.4, -0.2) is 23.9 Å². The topological polar surface area (TPSA) is 47.9 Å². The summed E-state index contributed by atoms with van der Waals surface area (Å²) >= 11 is 0. The van der Waals surface area contributed by atoms with Gasteiger partial charge in [-0.2, -0.15) is 0 Å². The first kappa shape index (κ1) is 13.2. The first-order chi connectivity index (χ1) is 9.42. The third-order valence-corrected chi connectivity index (χ3v) is 3.51. The number of fused-ring (bicyclic) bond motifs is 3. The molecule has 2 aliphatic rings. The molecule has 0 radical (unpaired) electrons. The second-order valence-corrected chi connectivity index (χ2v) is 6.43. The van der Waals surface area contributed by atoms with Gasteiger partial charge in [-0.3, -0.25) is 4.79 Å². The number of hydrogen-bond donors (Lipinski definition) is 0. The SMILES string of the molecule is CC(C)(C)OC(=O)Cc1ccc2c(c1)CC1CON=C21. The van der Waals surface area contributed by atoms with Crippen LogP contribution in [0.3, 0.4) is 0 Å². The molecule has 0 aromatic heterocycles. The Morgan fingerprint density at radius 1 is 1.45 bits per heavy atom. The van der Waals surface area contributed by atoms with Crippen LogP contribution in [-0.2, 0) is 27.2 Å². The number of esters is 1. The Morgan fingerprint density at radius 2 is 2.25 bits per heavy atom. The largest absolute Gasteiger partial charge is 0.460 e. The Kier molecular flexibility index (Phi) is 3.04. The van der Waals surface area contributed by atoms with E-state index in [1.165, 1.54) is 11.1 Å². The fraction of sp³-hybridized carbons (Fsp3) is 0.500. The molecule has 3 rings (SSSR count). The maximum Gasteiger partial charge on any atom is 0.310 e. The van der Waals surface area contributed by atoms with Gasteiger partial charge in [0.2, 0.25) is 0 Å². The van der Waals surface area contributed by atoms with Crippen molar-refractivity contribution in [3.05, 3.63) is 34.9 Å². The van der Waals surface area contributed by atoms with Gasteiger partial charge < -0.3 is 9.57 Å². The summed E-state index contributed by atoms with van der Waals surface area (Å²) in [5.74, 6) is 0.207. The molecular weight excluding hydrogens is 254 g/mol. The number of oxime groups is 1. The van der Waals surface area contributed by atoms with Crippen LogP contribution in [0.5, 0.6) is 0 Å². The van der Waals surface area contributed by atoms with Crippen molar-refractivity contribution in [2.45, 2.75) is 39.2 Å². The smallest absolute Gasteiger partial charge is 0.310 e. The van der Waals surface area contributed by atoms with Crippen LogP contribution < -0.4 is 0 Å². The Hall–Kier alpha value is -1.84. The summed E-state index contributed by atoms with van der Waals surface area (Å²) in [5.41, 5.74) is 4.05. The lowest BCUT2D eigenvalue weighted by atomic mass is 10.0. The second-order valence-electron chi connectivity index (χ2n) is 6.43. The fourth-order valence-corrected chi connectivity index (χ4v) is 2.76. The van der Waals surface area contributed by atoms with E-state index < -0.39 is 5.60 Å². The average molecular weight is 273 g/mol. The number of benzene rings is 1. The molecular formula is C16H19NO3. The van der Waals surface area contributed by atoms with Crippen molar-refractivity contribution in [1.82, 2.24) is 0 Å². The summed E-state index contributed by atoms with van der Waals surface area (Å²) in [5, 5.41) is 4.10. The second kappa shape index (κ2) is 4.62. The molecule has 0 amide bonds. The van der Waals surface area contributed by atoms with Gasteiger partial charge in [-0.15, -0.1) is 0 Å². The number of nitrogens with zero attached hydrogens (tertiary/aromatic N) is 1. The zero-order valence-electron chi connectivity index (χ0n) is 12.1. The molecule has 1 aliphatic carbocycles. The van der Waals surface area contributed by atoms with E-state index in [1.54, 1.807) is 0 Å². The van der Waals surface area contributed by atoms with Crippen molar-refractivity contribution in [1.29, 1.82) is 0 Å². The predicted octanol–water partition coefficient (Wildman–Crippen LogP) is 2.48. The van der Waals surface area contributed by atoms with Crippen molar-refractivity contribution >= 4 is 11.7 Å². The molecule has 0 bridgehead atoms. The number of rotatable bonds is 2. The van der Waals surface area contributed by atoms with Crippen LogP contribution in [0.15, 0.2) is 23.4 Å². The number of hydrogen-bond acceptors (Lipinski definition) is 4. The van der Waals surface area contributed by atoms with Gasteiger partial charge in [0.25, 0.3) is 0 Å².